The molecule has 134 valence electrons. The number of carbonyl (C=O) groups is 2. The Kier molecular flexibility index (Phi) is 5.43. The molecule has 0 unspecified atom stereocenters. The van der Waals surface area contributed by atoms with Gasteiger partial charge in [-0.1, -0.05) is 12.1 Å². The lowest BCUT2D eigenvalue weighted by Crippen LogP contribution is -2.29. The van der Waals surface area contributed by atoms with Gasteiger partial charge in [-0.05, 0) is 48.4 Å². The fourth-order valence-corrected chi connectivity index (χ4v) is 2.84. The maximum absolute atomic E-state index is 12.2. The Hall–Kier alpha value is -2.99. The molecular formula is C20H21N3O3. The highest BCUT2D eigenvalue weighted by molar-refractivity contribution is 5.93. The SMILES string of the molecule is COc1ccc(CN2CC(=O)Nc3ncc(/C=C/C(C)=O)cc3C2)cc1. The Morgan fingerprint density at radius 3 is 2.77 bits per heavy atom. The fourth-order valence-electron chi connectivity index (χ4n) is 2.84. The highest BCUT2D eigenvalue weighted by Crippen LogP contribution is 2.22. The van der Waals surface area contributed by atoms with Gasteiger partial charge in [0.2, 0.25) is 5.91 Å². The summed E-state index contributed by atoms with van der Waals surface area (Å²) in [4.78, 5) is 29.7. The predicted molar refractivity (Wildman–Crippen MR) is 99.7 cm³/mol. The molecule has 26 heavy (non-hydrogen) atoms. The molecule has 3 rings (SSSR count). The molecule has 0 atom stereocenters. The van der Waals surface area contributed by atoms with Gasteiger partial charge in [0.15, 0.2) is 5.78 Å². The van der Waals surface area contributed by atoms with Crippen LogP contribution >= 0.6 is 0 Å². The van der Waals surface area contributed by atoms with Crippen molar-refractivity contribution in [2.75, 3.05) is 19.0 Å². The van der Waals surface area contributed by atoms with Crippen LogP contribution < -0.4 is 10.1 Å². The summed E-state index contributed by atoms with van der Waals surface area (Å²) in [5, 5.41) is 2.85. The van der Waals surface area contributed by atoms with E-state index in [0.29, 0.717) is 25.5 Å². The minimum Gasteiger partial charge on any atom is -0.497 e. The molecule has 0 radical (unpaired) electrons. The highest BCUT2D eigenvalue weighted by atomic mass is 16.5. The third-order valence-electron chi connectivity index (χ3n) is 4.08. The van der Waals surface area contributed by atoms with Gasteiger partial charge in [0, 0.05) is 24.8 Å². The van der Waals surface area contributed by atoms with E-state index in [2.05, 4.69) is 15.2 Å². The first kappa shape index (κ1) is 17.8. The average Bonchev–Trinajstić information content (AvgIpc) is 2.77. The van der Waals surface area contributed by atoms with Crippen molar-refractivity contribution in [3.63, 3.8) is 0 Å². The van der Waals surface area contributed by atoms with Crippen molar-refractivity contribution in [3.05, 3.63) is 59.3 Å². The van der Waals surface area contributed by atoms with E-state index in [1.54, 1.807) is 19.4 Å². The summed E-state index contributed by atoms with van der Waals surface area (Å²) >= 11 is 0. The summed E-state index contributed by atoms with van der Waals surface area (Å²) in [7, 11) is 1.64. The number of allylic oxidation sites excluding steroid dienone is 1. The van der Waals surface area contributed by atoms with Crippen molar-refractivity contribution < 1.29 is 14.3 Å². The molecule has 1 aromatic carbocycles. The number of fused-ring (bicyclic) bond motifs is 1. The second-order valence-electron chi connectivity index (χ2n) is 6.26. The molecule has 1 aromatic heterocycles. The van der Waals surface area contributed by atoms with Crippen LogP contribution in [0.4, 0.5) is 5.82 Å². The summed E-state index contributed by atoms with van der Waals surface area (Å²) in [6.45, 7) is 3.03. The largest absolute Gasteiger partial charge is 0.497 e. The Balaban J connectivity index is 1.80. The second kappa shape index (κ2) is 7.93. The number of ketones is 1. The number of benzene rings is 1. The number of aromatic nitrogens is 1. The van der Waals surface area contributed by atoms with E-state index in [-0.39, 0.29) is 11.7 Å². The van der Waals surface area contributed by atoms with E-state index in [1.165, 1.54) is 13.0 Å². The molecule has 0 bridgehead atoms. The highest BCUT2D eigenvalue weighted by Gasteiger charge is 2.20. The van der Waals surface area contributed by atoms with Crippen LogP contribution in [0, 0.1) is 0 Å². The van der Waals surface area contributed by atoms with Crippen molar-refractivity contribution in [3.8, 4) is 5.75 Å². The van der Waals surface area contributed by atoms with Crippen LogP contribution in [0.15, 0.2) is 42.6 Å². The second-order valence-corrected chi connectivity index (χ2v) is 6.26. The zero-order valence-corrected chi connectivity index (χ0v) is 14.9. The minimum absolute atomic E-state index is 0.0191. The molecule has 1 N–H and O–H groups in total. The standard InChI is InChI=1S/C20H21N3O3/c1-14(24)3-4-16-9-17-12-23(13-19(25)22-20(17)21-10-16)11-15-5-7-18(26-2)8-6-15/h3-10H,11-13H2,1-2H3,(H,21,22,25)/b4-3+. The van der Waals surface area contributed by atoms with Crippen LogP contribution in [0.5, 0.6) is 5.75 Å². The molecule has 0 spiro atoms. The van der Waals surface area contributed by atoms with E-state index in [4.69, 9.17) is 4.74 Å². The molecular weight excluding hydrogens is 330 g/mol. The third-order valence-corrected chi connectivity index (χ3v) is 4.08. The van der Waals surface area contributed by atoms with Gasteiger partial charge in [0.1, 0.15) is 11.6 Å². The number of nitrogens with zero attached hydrogens (tertiary/aromatic N) is 2. The van der Waals surface area contributed by atoms with Crippen LogP contribution in [0.1, 0.15) is 23.6 Å². The summed E-state index contributed by atoms with van der Waals surface area (Å²) in [5.74, 6) is 1.28. The van der Waals surface area contributed by atoms with Crippen molar-refractivity contribution in [1.82, 2.24) is 9.88 Å². The summed E-state index contributed by atoms with van der Waals surface area (Å²) in [6.07, 6.45) is 4.89. The van der Waals surface area contributed by atoms with Crippen LogP contribution in [-0.4, -0.2) is 35.2 Å². The molecule has 2 aromatic rings. The monoisotopic (exact) mass is 351 g/mol. The van der Waals surface area contributed by atoms with Gasteiger partial charge < -0.3 is 10.1 Å². The van der Waals surface area contributed by atoms with E-state index < -0.39 is 0 Å². The molecule has 0 aliphatic carbocycles. The smallest absolute Gasteiger partial charge is 0.239 e. The van der Waals surface area contributed by atoms with Crippen LogP contribution in [0.3, 0.4) is 0 Å². The maximum Gasteiger partial charge on any atom is 0.239 e. The third kappa shape index (κ3) is 4.55. The minimum atomic E-state index is -0.0863. The number of carbonyl (C=O) groups excluding carboxylic acids is 2. The van der Waals surface area contributed by atoms with Crippen molar-refractivity contribution in [1.29, 1.82) is 0 Å². The topological polar surface area (TPSA) is 71.5 Å². The number of pyridine rings is 1. The van der Waals surface area contributed by atoms with Gasteiger partial charge in [-0.3, -0.25) is 14.5 Å². The summed E-state index contributed by atoms with van der Waals surface area (Å²) in [5.41, 5.74) is 2.86. The Labute approximate surface area is 152 Å². The molecule has 0 fully saturated rings. The Morgan fingerprint density at radius 2 is 2.08 bits per heavy atom. The normalized spacial score (nSPS) is 14.6. The molecule has 0 saturated heterocycles. The van der Waals surface area contributed by atoms with Gasteiger partial charge in [-0.15, -0.1) is 0 Å². The first-order valence-electron chi connectivity index (χ1n) is 8.36. The van der Waals surface area contributed by atoms with E-state index >= 15 is 0 Å². The number of methoxy groups -OCH3 is 1. The number of ether oxygens (including phenoxy) is 1. The summed E-state index contributed by atoms with van der Waals surface area (Å²) < 4.78 is 5.18. The van der Waals surface area contributed by atoms with Crippen LogP contribution in [0.2, 0.25) is 0 Å². The lowest BCUT2D eigenvalue weighted by molar-refractivity contribution is -0.117. The maximum atomic E-state index is 12.2. The fraction of sp³-hybridized carbons (Fsp3) is 0.250. The van der Waals surface area contributed by atoms with E-state index in [1.807, 2.05) is 30.3 Å². The quantitative estimate of drug-likeness (QED) is 0.839. The number of hydrogen-bond acceptors (Lipinski definition) is 5. The van der Waals surface area contributed by atoms with Gasteiger partial charge in [0.25, 0.3) is 0 Å². The van der Waals surface area contributed by atoms with Crippen molar-refractivity contribution in [2.45, 2.75) is 20.0 Å². The molecule has 2 heterocycles. The zero-order chi connectivity index (χ0) is 18.5. The van der Waals surface area contributed by atoms with Crippen molar-refractivity contribution in [2.24, 2.45) is 0 Å². The number of anilines is 1. The number of amides is 1. The summed E-state index contributed by atoms with van der Waals surface area (Å²) in [6, 6.07) is 9.76. The first-order valence-corrected chi connectivity index (χ1v) is 8.36. The van der Waals surface area contributed by atoms with Gasteiger partial charge >= 0.3 is 0 Å². The number of nitrogens with one attached hydrogen (secondary N) is 1. The van der Waals surface area contributed by atoms with E-state index in [0.717, 1.165) is 22.4 Å². The van der Waals surface area contributed by atoms with Crippen molar-refractivity contribution >= 4 is 23.6 Å². The van der Waals surface area contributed by atoms with Crippen LogP contribution in [0.25, 0.3) is 6.08 Å². The lowest BCUT2D eigenvalue weighted by atomic mass is 10.1. The molecule has 6 nitrogen and oxygen atoms in total. The molecule has 1 amide bonds. The molecule has 0 saturated carbocycles. The van der Waals surface area contributed by atoms with Gasteiger partial charge in [-0.2, -0.15) is 0 Å². The average molecular weight is 351 g/mol. The Morgan fingerprint density at radius 1 is 1.31 bits per heavy atom. The lowest BCUT2D eigenvalue weighted by Gasteiger charge is -2.19. The number of rotatable bonds is 5. The molecule has 1 aliphatic rings. The Bertz CT molecular complexity index is 844. The molecule has 6 heteroatoms. The van der Waals surface area contributed by atoms with E-state index in [9.17, 15) is 9.59 Å². The van der Waals surface area contributed by atoms with Gasteiger partial charge in [0.05, 0.1) is 13.7 Å². The molecule has 1 aliphatic heterocycles. The first-order chi connectivity index (χ1) is 12.5. The zero-order valence-electron chi connectivity index (χ0n) is 14.9. The number of hydrogen-bond donors (Lipinski definition) is 1. The van der Waals surface area contributed by atoms with Crippen LogP contribution in [-0.2, 0) is 22.7 Å². The van der Waals surface area contributed by atoms with Gasteiger partial charge in [-0.25, -0.2) is 4.98 Å². The predicted octanol–water partition coefficient (Wildman–Crippen LogP) is 2.65.